The highest BCUT2D eigenvalue weighted by Crippen LogP contribution is 2.38. The van der Waals surface area contributed by atoms with Gasteiger partial charge in [0.25, 0.3) is 5.91 Å². The molecule has 1 aromatic heterocycles. The highest BCUT2D eigenvalue weighted by Gasteiger charge is 2.55. The van der Waals surface area contributed by atoms with E-state index in [1.54, 1.807) is 25.1 Å². The molecule has 30 heavy (non-hydrogen) atoms. The molecule has 2 aromatic rings. The normalized spacial score (nSPS) is 23.9. The van der Waals surface area contributed by atoms with Gasteiger partial charge in [-0.05, 0) is 62.9 Å². The van der Waals surface area contributed by atoms with Crippen LogP contribution >= 0.6 is 0 Å². The number of benzene rings is 1. The van der Waals surface area contributed by atoms with Gasteiger partial charge in [0, 0.05) is 22.6 Å². The minimum Gasteiger partial charge on any atom is -0.323 e. The Morgan fingerprint density at radius 2 is 1.90 bits per heavy atom. The molecular weight excluding hydrogens is 385 g/mol. The van der Waals surface area contributed by atoms with E-state index in [-0.39, 0.29) is 30.0 Å². The zero-order valence-corrected chi connectivity index (χ0v) is 17.5. The standard InChI is InChI=1S/C23H26FN3O3/c1-14-6-4-5-11-23(14)21(29)26(22(30)25-23)13-20(28)19-12-15(2)27(16(19)3)18-9-7-17(24)8-10-18/h7-10,12,14H,4-6,11,13H2,1-3H3,(H,25,30)/t14-,23-/m1/s1. The number of nitrogens with zero attached hydrogens (tertiary/aromatic N) is 2. The Bertz CT molecular complexity index is 1030. The van der Waals surface area contributed by atoms with Gasteiger partial charge in [0.2, 0.25) is 0 Å². The van der Waals surface area contributed by atoms with Crippen LogP contribution in [0.3, 0.4) is 0 Å². The molecule has 1 saturated heterocycles. The summed E-state index contributed by atoms with van der Waals surface area (Å²) in [6.07, 6.45) is 3.42. The minimum atomic E-state index is -0.874. The van der Waals surface area contributed by atoms with Gasteiger partial charge in [-0.25, -0.2) is 9.18 Å². The smallest absolute Gasteiger partial charge is 0.323 e. The number of aromatic nitrogens is 1. The molecule has 1 N–H and O–H groups in total. The zero-order chi connectivity index (χ0) is 21.6. The molecule has 2 atom stereocenters. The van der Waals surface area contributed by atoms with Crippen LogP contribution in [0.2, 0.25) is 0 Å². The largest absolute Gasteiger partial charge is 0.325 e. The molecular formula is C23H26FN3O3. The van der Waals surface area contributed by atoms with Crippen molar-refractivity contribution in [1.29, 1.82) is 0 Å². The molecule has 1 aromatic carbocycles. The van der Waals surface area contributed by atoms with E-state index in [9.17, 15) is 18.8 Å². The van der Waals surface area contributed by atoms with Gasteiger partial charge in [0.05, 0.1) is 6.54 Å². The van der Waals surface area contributed by atoms with Gasteiger partial charge in [-0.2, -0.15) is 0 Å². The predicted molar refractivity (Wildman–Crippen MR) is 110 cm³/mol. The molecule has 2 heterocycles. The topological polar surface area (TPSA) is 71.4 Å². The molecule has 1 aliphatic heterocycles. The Hall–Kier alpha value is -2.96. The van der Waals surface area contributed by atoms with E-state index in [2.05, 4.69) is 5.32 Å². The quantitative estimate of drug-likeness (QED) is 0.612. The van der Waals surface area contributed by atoms with E-state index in [4.69, 9.17) is 0 Å². The summed E-state index contributed by atoms with van der Waals surface area (Å²) < 4.78 is 15.1. The van der Waals surface area contributed by atoms with Crippen molar-refractivity contribution in [2.24, 2.45) is 5.92 Å². The van der Waals surface area contributed by atoms with Gasteiger partial charge in [0.15, 0.2) is 5.78 Å². The summed E-state index contributed by atoms with van der Waals surface area (Å²) in [5.74, 6) is -0.867. The zero-order valence-electron chi connectivity index (χ0n) is 17.5. The molecule has 2 fully saturated rings. The SMILES string of the molecule is Cc1cc(C(=O)CN2C(=O)N[C@@]3(CCCC[C@H]3C)C2=O)c(C)n1-c1ccc(F)cc1. The molecule has 0 bridgehead atoms. The van der Waals surface area contributed by atoms with Crippen molar-refractivity contribution >= 4 is 17.7 Å². The number of rotatable bonds is 4. The van der Waals surface area contributed by atoms with Crippen molar-refractivity contribution < 1.29 is 18.8 Å². The summed E-state index contributed by atoms with van der Waals surface area (Å²) in [6.45, 7) is 5.37. The molecule has 1 spiro atoms. The molecule has 2 aliphatic rings. The maximum atomic E-state index is 13.3. The number of carbonyl (C=O) groups excluding carboxylic acids is 3. The average molecular weight is 411 g/mol. The number of urea groups is 1. The maximum absolute atomic E-state index is 13.3. The number of carbonyl (C=O) groups is 3. The first kappa shape index (κ1) is 20.3. The summed E-state index contributed by atoms with van der Waals surface area (Å²) in [5.41, 5.74) is 1.83. The molecule has 7 heteroatoms. The Morgan fingerprint density at radius 3 is 2.57 bits per heavy atom. The Labute approximate surface area is 175 Å². The second kappa shape index (κ2) is 7.38. The van der Waals surface area contributed by atoms with Crippen molar-refractivity contribution in [3.05, 3.63) is 53.1 Å². The van der Waals surface area contributed by atoms with Gasteiger partial charge in [-0.1, -0.05) is 19.8 Å². The third-order valence-electron chi connectivity index (χ3n) is 6.62. The molecule has 1 aliphatic carbocycles. The first-order chi connectivity index (χ1) is 14.2. The number of ketones is 1. The molecule has 6 nitrogen and oxygen atoms in total. The Morgan fingerprint density at radius 1 is 1.20 bits per heavy atom. The fraction of sp³-hybridized carbons (Fsp3) is 0.435. The lowest BCUT2D eigenvalue weighted by Crippen LogP contribution is -2.54. The number of halogens is 1. The van der Waals surface area contributed by atoms with Crippen molar-refractivity contribution in [2.45, 2.75) is 52.0 Å². The molecule has 0 radical (unpaired) electrons. The Kier molecular flexibility index (Phi) is 5.00. The average Bonchev–Trinajstić information content (AvgIpc) is 3.13. The van der Waals surface area contributed by atoms with E-state index in [0.29, 0.717) is 17.7 Å². The summed E-state index contributed by atoms with van der Waals surface area (Å²) in [7, 11) is 0. The second-order valence-electron chi connectivity index (χ2n) is 8.46. The second-order valence-corrected chi connectivity index (χ2v) is 8.46. The van der Waals surface area contributed by atoms with Gasteiger partial charge >= 0.3 is 6.03 Å². The number of aryl methyl sites for hydroxylation is 1. The molecule has 158 valence electrons. The molecule has 4 rings (SSSR count). The number of nitrogens with one attached hydrogen (secondary N) is 1. The lowest BCUT2D eigenvalue weighted by Gasteiger charge is -2.36. The van der Waals surface area contributed by atoms with Gasteiger partial charge in [0.1, 0.15) is 11.4 Å². The van der Waals surface area contributed by atoms with E-state index < -0.39 is 11.6 Å². The van der Waals surface area contributed by atoms with Crippen LogP contribution in [0.25, 0.3) is 5.69 Å². The molecule has 1 saturated carbocycles. The molecule has 0 unspecified atom stereocenters. The van der Waals surface area contributed by atoms with Crippen LogP contribution in [0.4, 0.5) is 9.18 Å². The fourth-order valence-electron chi connectivity index (χ4n) is 4.90. The van der Waals surface area contributed by atoms with E-state index in [0.717, 1.165) is 35.5 Å². The minimum absolute atomic E-state index is 0.0475. The third-order valence-corrected chi connectivity index (χ3v) is 6.62. The fourth-order valence-corrected chi connectivity index (χ4v) is 4.90. The van der Waals surface area contributed by atoms with Crippen molar-refractivity contribution in [2.75, 3.05) is 6.54 Å². The van der Waals surface area contributed by atoms with Crippen LogP contribution in [0, 0.1) is 25.6 Å². The van der Waals surface area contributed by atoms with Crippen LogP contribution in [-0.2, 0) is 4.79 Å². The van der Waals surface area contributed by atoms with Crippen molar-refractivity contribution in [3.8, 4) is 5.69 Å². The van der Waals surface area contributed by atoms with Crippen LogP contribution in [0.5, 0.6) is 0 Å². The lowest BCUT2D eigenvalue weighted by molar-refractivity contribution is -0.133. The third kappa shape index (κ3) is 3.13. The summed E-state index contributed by atoms with van der Waals surface area (Å²) in [6, 6.07) is 7.29. The number of hydrogen-bond acceptors (Lipinski definition) is 3. The number of hydrogen-bond donors (Lipinski definition) is 1. The lowest BCUT2D eigenvalue weighted by atomic mass is 9.73. The van der Waals surface area contributed by atoms with Gasteiger partial charge < -0.3 is 9.88 Å². The van der Waals surface area contributed by atoms with Crippen LogP contribution in [0.1, 0.15) is 54.4 Å². The van der Waals surface area contributed by atoms with Crippen molar-refractivity contribution in [1.82, 2.24) is 14.8 Å². The van der Waals surface area contributed by atoms with Gasteiger partial charge in [-0.15, -0.1) is 0 Å². The van der Waals surface area contributed by atoms with E-state index in [1.165, 1.54) is 12.1 Å². The number of imide groups is 1. The number of Topliss-reactive ketones (excluding diaryl/α,β-unsaturated/α-hetero) is 1. The predicted octanol–water partition coefficient (Wildman–Crippen LogP) is 3.92. The van der Waals surface area contributed by atoms with Crippen LogP contribution in [-0.4, -0.2) is 39.3 Å². The summed E-state index contributed by atoms with van der Waals surface area (Å²) >= 11 is 0. The summed E-state index contributed by atoms with van der Waals surface area (Å²) in [5, 5.41) is 2.88. The van der Waals surface area contributed by atoms with E-state index in [1.807, 2.05) is 18.4 Å². The highest BCUT2D eigenvalue weighted by molar-refractivity contribution is 6.11. The van der Waals surface area contributed by atoms with Gasteiger partial charge in [-0.3, -0.25) is 14.5 Å². The Balaban J connectivity index is 1.59. The first-order valence-corrected chi connectivity index (χ1v) is 10.4. The highest BCUT2D eigenvalue weighted by atomic mass is 19.1. The first-order valence-electron chi connectivity index (χ1n) is 10.4. The molecule has 3 amide bonds. The number of amides is 3. The maximum Gasteiger partial charge on any atom is 0.325 e. The van der Waals surface area contributed by atoms with E-state index >= 15 is 0 Å². The summed E-state index contributed by atoms with van der Waals surface area (Å²) in [4.78, 5) is 39.8. The monoisotopic (exact) mass is 411 g/mol. The van der Waals surface area contributed by atoms with Crippen LogP contribution in [0.15, 0.2) is 30.3 Å². The van der Waals surface area contributed by atoms with Crippen LogP contribution < -0.4 is 5.32 Å². The van der Waals surface area contributed by atoms with Crippen molar-refractivity contribution in [3.63, 3.8) is 0 Å².